The van der Waals surface area contributed by atoms with E-state index >= 15 is 0 Å². The van der Waals surface area contributed by atoms with Crippen LogP contribution in [0, 0.1) is 17.7 Å². The van der Waals surface area contributed by atoms with Crippen LogP contribution < -0.4 is 4.74 Å². The van der Waals surface area contributed by atoms with Crippen molar-refractivity contribution in [1.82, 2.24) is 9.78 Å². The molecule has 5 nitrogen and oxygen atoms in total. The van der Waals surface area contributed by atoms with Gasteiger partial charge in [-0.1, -0.05) is 42.3 Å². The second kappa shape index (κ2) is 10.0. The van der Waals surface area contributed by atoms with Gasteiger partial charge in [0.05, 0.1) is 24.4 Å². The predicted octanol–water partition coefficient (Wildman–Crippen LogP) is 5.38. The van der Waals surface area contributed by atoms with Gasteiger partial charge >= 0.3 is 5.97 Å². The second-order valence-corrected chi connectivity index (χ2v) is 7.71. The van der Waals surface area contributed by atoms with Crippen molar-refractivity contribution in [3.8, 4) is 17.6 Å². The number of aliphatic carboxylic acids is 1. The number of hydrogen-bond acceptors (Lipinski definition) is 3. The Labute approximate surface area is 191 Å². The summed E-state index contributed by atoms with van der Waals surface area (Å²) in [6.07, 6.45) is 1.94. The van der Waals surface area contributed by atoms with Gasteiger partial charge in [0, 0.05) is 17.1 Å². The number of halogens is 1. The van der Waals surface area contributed by atoms with E-state index in [1.807, 2.05) is 53.3 Å². The molecule has 0 radical (unpaired) electrons. The Hall–Kier alpha value is -4.11. The summed E-state index contributed by atoms with van der Waals surface area (Å²) in [7, 11) is 0. The molecule has 166 valence electrons. The molecule has 0 aliphatic heterocycles. The predicted molar refractivity (Wildman–Crippen MR) is 124 cm³/mol. The molecular formula is C27H23FN2O3. The zero-order valence-corrected chi connectivity index (χ0v) is 18.2. The Bertz CT molecular complexity index is 1320. The largest absolute Gasteiger partial charge is 0.489 e. The van der Waals surface area contributed by atoms with Crippen LogP contribution >= 0.6 is 0 Å². The van der Waals surface area contributed by atoms with Crippen LogP contribution in [0.4, 0.5) is 4.39 Å². The van der Waals surface area contributed by atoms with Gasteiger partial charge in [0.1, 0.15) is 18.2 Å². The van der Waals surface area contributed by atoms with Crippen molar-refractivity contribution in [2.75, 3.05) is 0 Å². The van der Waals surface area contributed by atoms with Gasteiger partial charge in [-0.05, 0) is 48.4 Å². The van der Waals surface area contributed by atoms with Crippen molar-refractivity contribution >= 4 is 16.9 Å². The van der Waals surface area contributed by atoms with Crippen LogP contribution in [0.15, 0.2) is 72.9 Å². The number of rotatable bonds is 8. The summed E-state index contributed by atoms with van der Waals surface area (Å²) in [5, 5.41) is 14.7. The van der Waals surface area contributed by atoms with E-state index in [2.05, 4.69) is 16.9 Å². The van der Waals surface area contributed by atoms with E-state index in [1.165, 1.54) is 12.1 Å². The summed E-state index contributed by atoms with van der Waals surface area (Å²) in [4.78, 5) is 11.1. The Morgan fingerprint density at radius 3 is 2.58 bits per heavy atom. The van der Waals surface area contributed by atoms with Crippen molar-refractivity contribution < 1.29 is 19.0 Å². The number of carboxylic acids is 1. The van der Waals surface area contributed by atoms with Gasteiger partial charge in [-0.25, -0.2) is 4.39 Å². The van der Waals surface area contributed by atoms with Crippen molar-refractivity contribution in [1.29, 1.82) is 0 Å². The molecule has 0 saturated carbocycles. The summed E-state index contributed by atoms with van der Waals surface area (Å²) in [6, 6.07) is 19.7. The van der Waals surface area contributed by atoms with Gasteiger partial charge < -0.3 is 9.84 Å². The van der Waals surface area contributed by atoms with Crippen LogP contribution in [0.5, 0.6) is 5.75 Å². The van der Waals surface area contributed by atoms with E-state index in [-0.39, 0.29) is 18.2 Å². The number of fused-ring (bicyclic) bond motifs is 1. The lowest BCUT2D eigenvalue weighted by Gasteiger charge is -2.11. The molecule has 6 heteroatoms. The first-order valence-corrected chi connectivity index (χ1v) is 10.6. The molecular weight excluding hydrogens is 419 g/mol. The Morgan fingerprint density at radius 2 is 1.88 bits per heavy atom. The topological polar surface area (TPSA) is 64.3 Å². The molecule has 1 atom stereocenters. The molecule has 33 heavy (non-hydrogen) atoms. The first-order valence-electron chi connectivity index (χ1n) is 10.6. The van der Waals surface area contributed by atoms with Crippen molar-refractivity contribution in [2.24, 2.45) is 0 Å². The molecule has 1 N–H and O–H groups in total. The average molecular weight is 442 g/mol. The molecule has 0 unspecified atom stereocenters. The first kappa shape index (κ1) is 22.1. The number of carboxylic acid groups (broad SMARTS) is 1. The molecule has 0 bridgehead atoms. The van der Waals surface area contributed by atoms with Crippen molar-refractivity contribution in [3.63, 3.8) is 0 Å². The first-order chi connectivity index (χ1) is 16.0. The van der Waals surface area contributed by atoms with Gasteiger partial charge in [-0.15, -0.1) is 5.92 Å². The lowest BCUT2D eigenvalue weighted by molar-refractivity contribution is -0.137. The van der Waals surface area contributed by atoms with Crippen LogP contribution in [0.3, 0.4) is 0 Å². The van der Waals surface area contributed by atoms with Crippen LogP contribution in [0.25, 0.3) is 10.9 Å². The van der Waals surface area contributed by atoms with Gasteiger partial charge in [0.25, 0.3) is 0 Å². The number of benzene rings is 3. The number of ether oxygens (including phenoxy) is 1. The van der Waals surface area contributed by atoms with Crippen LogP contribution in [0.2, 0.25) is 0 Å². The zero-order valence-electron chi connectivity index (χ0n) is 18.2. The highest BCUT2D eigenvalue weighted by atomic mass is 19.1. The summed E-state index contributed by atoms with van der Waals surface area (Å²) >= 11 is 0. The fourth-order valence-corrected chi connectivity index (χ4v) is 3.69. The Balaban J connectivity index is 1.46. The van der Waals surface area contributed by atoms with E-state index < -0.39 is 5.97 Å². The molecule has 4 aromatic rings. The lowest BCUT2D eigenvalue weighted by atomic mass is 9.96. The molecule has 0 fully saturated rings. The number of carbonyl (C=O) groups is 1. The van der Waals surface area contributed by atoms with Gasteiger partial charge in [-0.3, -0.25) is 9.48 Å². The maximum absolute atomic E-state index is 13.2. The summed E-state index contributed by atoms with van der Waals surface area (Å²) < 4.78 is 21.0. The van der Waals surface area contributed by atoms with Gasteiger partial charge in [0.15, 0.2) is 0 Å². The molecule has 3 aromatic carbocycles. The quantitative estimate of drug-likeness (QED) is 0.372. The third kappa shape index (κ3) is 5.58. The van der Waals surface area contributed by atoms with E-state index in [1.54, 1.807) is 19.1 Å². The minimum absolute atomic E-state index is 0.0368. The third-order valence-electron chi connectivity index (χ3n) is 5.32. The second-order valence-electron chi connectivity index (χ2n) is 7.71. The highest BCUT2D eigenvalue weighted by Crippen LogP contribution is 2.24. The van der Waals surface area contributed by atoms with E-state index in [0.717, 1.165) is 27.6 Å². The van der Waals surface area contributed by atoms with Crippen molar-refractivity contribution in [3.05, 3.63) is 95.4 Å². The van der Waals surface area contributed by atoms with E-state index in [9.17, 15) is 9.18 Å². The maximum atomic E-state index is 13.2. The minimum Gasteiger partial charge on any atom is -0.489 e. The van der Waals surface area contributed by atoms with Crippen LogP contribution in [0.1, 0.15) is 36.0 Å². The third-order valence-corrected chi connectivity index (χ3v) is 5.32. The molecule has 0 spiro atoms. The van der Waals surface area contributed by atoms with E-state index in [4.69, 9.17) is 9.84 Å². The molecule has 4 rings (SSSR count). The smallest absolute Gasteiger partial charge is 0.304 e. The number of nitrogens with zero attached hydrogens (tertiary/aromatic N) is 2. The molecule has 0 amide bonds. The Kier molecular flexibility index (Phi) is 6.70. The maximum Gasteiger partial charge on any atom is 0.304 e. The fraction of sp³-hybridized carbons (Fsp3) is 0.185. The van der Waals surface area contributed by atoms with Crippen LogP contribution in [-0.2, 0) is 17.9 Å². The SMILES string of the molecule is CC#C[C@@H](CC(=O)O)c1ccc(OCc2cccc3nn(Cc4ccc(F)cc4)cc23)cc1. The van der Waals surface area contributed by atoms with Crippen molar-refractivity contribution in [2.45, 2.75) is 32.4 Å². The Morgan fingerprint density at radius 1 is 1.12 bits per heavy atom. The number of aromatic nitrogens is 2. The highest BCUT2D eigenvalue weighted by molar-refractivity contribution is 5.81. The monoisotopic (exact) mass is 442 g/mol. The van der Waals surface area contributed by atoms with Gasteiger partial charge in [-0.2, -0.15) is 5.10 Å². The van der Waals surface area contributed by atoms with Crippen LogP contribution in [-0.4, -0.2) is 20.9 Å². The molecule has 1 heterocycles. The summed E-state index contributed by atoms with van der Waals surface area (Å²) in [6.45, 7) is 2.62. The fourth-order valence-electron chi connectivity index (χ4n) is 3.69. The number of hydrogen-bond donors (Lipinski definition) is 1. The van der Waals surface area contributed by atoms with E-state index in [0.29, 0.717) is 18.9 Å². The molecule has 0 saturated heterocycles. The lowest BCUT2D eigenvalue weighted by Crippen LogP contribution is -2.04. The molecule has 1 aromatic heterocycles. The summed E-state index contributed by atoms with van der Waals surface area (Å²) in [5.74, 6) is 4.96. The average Bonchev–Trinajstić information content (AvgIpc) is 3.22. The zero-order chi connectivity index (χ0) is 23.2. The highest BCUT2D eigenvalue weighted by Gasteiger charge is 2.13. The molecule has 0 aliphatic carbocycles. The summed E-state index contributed by atoms with van der Waals surface area (Å²) in [5.41, 5.74) is 3.69. The standard InChI is InChI=1S/C27H23FN2O3/c1-2-4-21(15-27(31)32)20-9-13-24(14-10-20)33-18-22-5-3-6-26-25(22)17-30(29-26)16-19-7-11-23(28)12-8-19/h3,5-14,17,21H,15-16,18H2,1H3,(H,31,32)/t21-/m0/s1. The minimum atomic E-state index is -0.879. The van der Waals surface area contributed by atoms with Gasteiger partial charge in [0.2, 0.25) is 0 Å². The molecule has 0 aliphatic rings. The normalized spacial score (nSPS) is 11.6.